The van der Waals surface area contributed by atoms with Crippen LogP contribution < -0.4 is 0 Å². The molecule has 0 amide bonds. The molecule has 28 heavy (non-hydrogen) atoms. The molecule has 0 spiro atoms. The van der Waals surface area contributed by atoms with Gasteiger partial charge < -0.3 is 19.1 Å². The Balaban J connectivity index is 5.22. The zero-order chi connectivity index (χ0) is 21.6. The summed E-state index contributed by atoms with van der Waals surface area (Å²) in [4.78, 5) is 7.37. The Bertz CT molecular complexity index is 338. The van der Waals surface area contributed by atoms with Crippen molar-refractivity contribution in [3.05, 3.63) is 0 Å². The summed E-state index contributed by atoms with van der Waals surface area (Å²) in [6.07, 6.45) is 7.98. The van der Waals surface area contributed by atoms with Crippen LogP contribution >= 0.6 is 0 Å². The fourth-order valence-electron chi connectivity index (χ4n) is 4.26. The van der Waals surface area contributed by atoms with E-state index in [2.05, 4.69) is 69.7 Å². The molecule has 5 heteroatoms. The van der Waals surface area contributed by atoms with Crippen molar-refractivity contribution in [2.45, 2.75) is 78.4 Å². The van der Waals surface area contributed by atoms with E-state index in [0.717, 1.165) is 19.6 Å². The molecule has 0 atom stereocenters. The van der Waals surface area contributed by atoms with Crippen LogP contribution in [0.15, 0.2) is 0 Å². The van der Waals surface area contributed by atoms with E-state index >= 15 is 0 Å². The zero-order valence-corrected chi connectivity index (χ0v) is 21.9. The van der Waals surface area contributed by atoms with Crippen molar-refractivity contribution >= 4 is 8.32 Å². The van der Waals surface area contributed by atoms with Gasteiger partial charge in [0.25, 0.3) is 0 Å². The first-order valence-electron chi connectivity index (χ1n) is 11.7. The lowest BCUT2D eigenvalue weighted by atomic mass is 9.76. The van der Waals surface area contributed by atoms with Crippen molar-refractivity contribution < 1.29 is 4.43 Å². The first kappa shape index (κ1) is 28.1. The van der Waals surface area contributed by atoms with Crippen LogP contribution in [-0.4, -0.2) is 90.5 Å². The lowest BCUT2D eigenvalue weighted by Gasteiger charge is -2.40. The van der Waals surface area contributed by atoms with Crippen molar-refractivity contribution in [1.82, 2.24) is 14.7 Å². The molecule has 0 heterocycles. The minimum atomic E-state index is -1.61. The van der Waals surface area contributed by atoms with E-state index in [1.165, 1.54) is 64.2 Å². The van der Waals surface area contributed by atoms with Crippen LogP contribution in [0.2, 0.25) is 19.1 Å². The van der Waals surface area contributed by atoms with Crippen molar-refractivity contribution in [2.75, 3.05) is 67.5 Å². The normalized spacial score (nSPS) is 13.3. The van der Waals surface area contributed by atoms with Crippen molar-refractivity contribution in [2.24, 2.45) is 5.41 Å². The molecule has 170 valence electrons. The van der Waals surface area contributed by atoms with E-state index in [4.69, 9.17) is 4.43 Å². The summed E-state index contributed by atoms with van der Waals surface area (Å²) < 4.78 is 6.05. The lowest BCUT2D eigenvalue weighted by molar-refractivity contribution is 0.184. The predicted octanol–water partition coefficient (Wildman–Crippen LogP) is 5.02. The molecular formula is C23H53N3OSi. The van der Waals surface area contributed by atoms with Gasteiger partial charge in [0, 0.05) is 7.11 Å². The SMILES string of the molecule is CCN(C)CCCC(CCCN(C)CC)(CCCN(C)CC)C[Si](C)(C)OC. The van der Waals surface area contributed by atoms with Gasteiger partial charge >= 0.3 is 0 Å². The van der Waals surface area contributed by atoms with Crippen LogP contribution in [-0.2, 0) is 4.43 Å². The van der Waals surface area contributed by atoms with Gasteiger partial charge in [-0.3, -0.25) is 0 Å². The Hall–Kier alpha value is 0.0569. The van der Waals surface area contributed by atoms with Crippen molar-refractivity contribution in [1.29, 1.82) is 0 Å². The third-order valence-corrected chi connectivity index (χ3v) is 9.42. The standard InChI is InChI=1S/C23H53N3OSi/c1-10-24(4)19-13-16-23(22-28(8,9)27-7,17-14-20-25(5)11-2)18-15-21-26(6)12-3/h10-22H2,1-9H3. The highest BCUT2D eigenvalue weighted by atomic mass is 28.4. The molecule has 0 aliphatic rings. The van der Waals surface area contributed by atoms with Gasteiger partial charge in [-0.05, 0) is 123 Å². The molecular weight excluding hydrogens is 362 g/mol. The molecule has 0 saturated heterocycles. The summed E-state index contributed by atoms with van der Waals surface area (Å²) in [7, 11) is 7.09. The quantitative estimate of drug-likeness (QED) is 0.293. The van der Waals surface area contributed by atoms with Crippen LogP contribution in [0, 0.1) is 5.41 Å². The first-order valence-corrected chi connectivity index (χ1v) is 14.9. The number of rotatable bonds is 18. The summed E-state index contributed by atoms with van der Waals surface area (Å²) >= 11 is 0. The monoisotopic (exact) mass is 415 g/mol. The predicted molar refractivity (Wildman–Crippen MR) is 129 cm³/mol. The minimum absolute atomic E-state index is 0.448. The Morgan fingerprint density at radius 2 is 1.00 bits per heavy atom. The van der Waals surface area contributed by atoms with E-state index in [9.17, 15) is 0 Å². The van der Waals surface area contributed by atoms with Gasteiger partial charge in [-0.2, -0.15) is 0 Å². The van der Waals surface area contributed by atoms with Crippen molar-refractivity contribution in [3.63, 3.8) is 0 Å². The summed E-state index contributed by atoms with van der Waals surface area (Å²) in [5, 5.41) is 0. The fourth-order valence-corrected chi connectivity index (χ4v) is 6.74. The maximum atomic E-state index is 6.05. The summed E-state index contributed by atoms with van der Waals surface area (Å²) in [5.41, 5.74) is 0.448. The molecule has 0 aromatic rings. The molecule has 0 aliphatic heterocycles. The Labute approximate surface area is 179 Å². The van der Waals surface area contributed by atoms with Crippen LogP contribution in [0.25, 0.3) is 0 Å². The van der Waals surface area contributed by atoms with Gasteiger partial charge in [-0.15, -0.1) is 0 Å². The highest BCUT2D eigenvalue weighted by Gasteiger charge is 2.37. The molecule has 0 aromatic heterocycles. The molecule has 0 saturated carbocycles. The summed E-state index contributed by atoms with van der Waals surface area (Å²) in [5.74, 6) is 0. The van der Waals surface area contributed by atoms with Gasteiger partial charge in [0.05, 0.1) is 0 Å². The Morgan fingerprint density at radius 1 is 0.679 bits per heavy atom. The van der Waals surface area contributed by atoms with Crippen LogP contribution in [0.1, 0.15) is 59.3 Å². The number of nitrogens with zero attached hydrogens (tertiary/aromatic N) is 3. The Kier molecular flexibility index (Phi) is 15.0. The number of hydrogen-bond acceptors (Lipinski definition) is 4. The second-order valence-corrected chi connectivity index (χ2v) is 13.9. The largest absolute Gasteiger partial charge is 0.420 e. The minimum Gasteiger partial charge on any atom is -0.420 e. The molecule has 0 rings (SSSR count). The van der Waals surface area contributed by atoms with Crippen LogP contribution in [0.4, 0.5) is 0 Å². The second kappa shape index (κ2) is 14.9. The maximum absolute atomic E-state index is 6.05. The molecule has 0 aromatic carbocycles. The topological polar surface area (TPSA) is 19.0 Å². The van der Waals surface area contributed by atoms with Crippen LogP contribution in [0.5, 0.6) is 0 Å². The summed E-state index contributed by atoms with van der Waals surface area (Å²) in [6.45, 7) is 18.7. The molecule has 0 unspecified atom stereocenters. The third kappa shape index (κ3) is 12.6. The molecule has 0 radical (unpaired) electrons. The van der Waals surface area contributed by atoms with Gasteiger partial charge in [0.1, 0.15) is 0 Å². The second-order valence-electron chi connectivity index (χ2n) is 9.64. The number of hydrogen-bond donors (Lipinski definition) is 0. The van der Waals surface area contributed by atoms with Gasteiger partial charge in [0.2, 0.25) is 0 Å². The molecule has 0 fully saturated rings. The average molecular weight is 416 g/mol. The molecule has 0 N–H and O–H groups in total. The van der Waals surface area contributed by atoms with Crippen LogP contribution in [0.3, 0.4) is 0 Å². The van der Waals surface area contributed by atoms with Gasteiger partial charge in [-0.25, -0.2) is 0 Å². The maximum Gasteiger partial charge on any atom is 0.186 e. The van der Waals surface area contributed by atoms with E-state index in [1.807, 2.05) is 7.11 Å². The highest BCUT2D eigenvalue weighted by Crippen LogP contribution is 2.43. The molecule has 0 aliphatic carbocycles. The van der Waals surface area contributed by atoms with Gasteiger partial charge in [0.15, 0.2) is 8.32 Å². The van der Waals surface area contributed by atoms with Crippen molar-refractivity contribution in [3.8, 4) is 0 Å². The van der Waals surface area contributed by atoms with E-state index in [-0.39, 0.29) is 0 Å². The van der Waals surface area contributed by atoms with Gasteiger partial charge in [-0.1, -0.05) is 20.8 Å². The third-order valence-electron chi connectivity index (χ3n) is 6.71. The molecule has 4 nitrogen and oxygen atoms in total. The Morgan fingerprint density at radius 3 is 1.25 bits per heavy atom. The smallest absolute Gasteiger partial charge is 0.186 e. The molecule has 0 bridgehead atoms. The first-order chi connectivity index (χ1) is 13.1. The summed E-state index contributed by atoms with van der Waals surface area (Å²) in [6, 6.07) is 1.30. The average Bonchev–Trinajstić information content (AvgIpc) is 2.67. The van der Waals surface area contributed by atoms with E-state index in [0.29, 0.717) is 5.41 Å². The lowest BCUT2D eigenvalue weighted by Crippen LogP contribution is -2.39. The fraction of sp³-hybridized carbons (Fsp3) is 1.00. The van der Waals surface area contributed by atoms with E-state index < -0.39 is 8.32 Å². The highest BCUT2D eigenvalue weighted by molar-refractivity contribution is 6.71. The van der Waals surface area contributed by atoms with E-state index in [1.54, 1.807) is 0 Å². The zero-order valence-electron chi connectivity index (χ0n) is 20.9.